The van der Waals surface area contributed by atoms with Gasteiger partial charge < -0.3 is 15.1 Å². The van der Waals surface area contributed by atoms with E-state index in [4.69, 9.17) is 0 Å². The highest BCUT2D eigenvalue weighted by atomic mass is 19.4. The van der Waals surface area contributed by atoms with E-state index in [2.05, 4.69) is 11.9 Å². The molecule has 0 aromatic heterocycles. The minimum Gasteiger partial charge on any atom is -0.341 e. The van der Waals surface area contributed by atoms with Crippen molar-refractivity contribution in [2.24, 2.45) is 0 Å². The van der Waals surface area contributed by atoms with Crippen molar-refractivity contribution >= 4 is 17.8 Å². The third-order valence-corrected chi connectivity index (χ3v) is 7.37. The molecule has 0 radical (unpaired) electrons. The molecule has 2 aromatic carbocycles. The second kappa shape index (κ2) is 12.6. The van der Waals surface area contributed by atoms with Crippen LogP contribution in [0, 0.1) is 0 Å². The van der Waals surface area contributed by atoms with Gasteiger partial charge >= 0.3 is 12.2 Å². The molecule has 2 heterocycles. The van der Waals surface area contributed by atoms with Crippen LogP contribution in [0.1, 0.15) is 49.4 Å². The van der Waals surface area contributed by atoms with Crippen molar-refractivity contribution in [2.75, 3.05) is 26.2 Å². The summed E-state index contributed by atoms with van der Waals surface area (Å²) in [7, 11) is 0. The van der Waals surface area contributed by atoms with Crippen LogP contribution in [0.25, 0.3) is 0 Å². The Labute approximate surface area is 238 Å². The number of rotatable bonds is 11. The van der Waals surface area contributed by atoms with Crippen LogP contribution in [0.2, 0.25) is 0 Å². The number of carbonyl (C=O) groups excluding carboxylic acids is 3. The molecule has 7 nitrogen and oxygen atoms in total. The number of halogens is 3. The number of nitrogens with one attached hydrogen (secondary N) is 1. The zero-order chi connectivity index (χ0) is 29.7. The molecule has 0 spiro atoms. The van der Waals surface area contributed by atoms with Crippen LogP contribution < -0.4 is 5.32 Å². The van der Waals surface area contributed by atoms with Gasteiger partial charge in [-0.3, -0.25) is 14.5 Å². The Hall–Kier alpha value is -4.08. The molecule has 2 aromatic rings. The Bertz CT molecular complexity index is 1320. The zero-order valence-electron chi connectivity index (χ0n) is 23.3. The number of urea groups is 1. The van der Waals surface area contributed by atoms with Gasteiger partial charge in [-0.15, -0.1) is 6.58 Å². The van der Waals surface area contributed by atoms with Gasteiger partial charge in [0.25, 0.3) is 5.91 Å². The minimum atomic E-state index is -4.70. The fraction of sp³-hybridized carbons (Fsp3) is 0.387. The Morgan fingerprint density at radius 3 is 2.32 bits per heavy atom. The maximum absolute atomic E-state index is 14.2. The average molecular weight is 569 g/mol. The molecule has 218 valence electrons. The number of amides is 4. The van der Waals surface area contributed by atoms with Crippen LogP contribution in [0.15, 0.2) is 78.5 Å². The number of nitrogens with zero attached hydrogens (tertiary/aromatic N) is 3. The van der Waals surface area contributed by atoms with Gasteiger partial charge in [0, 0.05) is 26.1 Å². The SMILES string of the molecule is C=CCN1C(=O)N[C@H](c2ccccc2C(F)(F)F)C2=C1CN([C@H](Cc1ccccc1)C(=O)N(CCC)CCC)C2=O. The first kappa shape index (κ1) is 29.9. The average Bonchev–Trinajstić information content (AvgIpc) is 3.29. The Kier molecular flexibility index (Phi) is 9.20. The molecule has 1 N–H and O–H groups in total. The van der Waals surface area contributed by atoms with Gasteiger partial charge in [-0.1, -0.05) is 68.5 Å². The molecule has 4 rings (SSSR count). The van der Waals surface area contributed by atoms with Gasteiger partial charge in [0.05, 0.1) is 29.4 Å². The highest BCUT2D eigenvalue weighted by Gasteiger charge is 2.49. The van der Waals surface area contributed by atoms with Gasteiger partial charge in [-0.05, 0) is 30.0 Å². The van der Waals surface area contributed by atoms with Crippen molar-refractivity contribution in [3.63, 3.8) is 0 Å². The van der Waals surface area contributed by atoms with Gasteiger partial charge in [0.15, 0.2) is 0 Å². The predicted octanol–water partition coefficient (Wildman–Crippen LogP) is 5.31. The summed E-state index contributed by atoms with van der Waals surface area (Å²) in [5.74, 6) is -0.800. The summed E-state index contributed by atoms with van der Waals surface area (Å²) in [5, 5.41) is 2.62. The van der Waals surface area contributed by atoms with E-state index in [1.807, 2.05) is 44.2 Å². The summed E-state index contributed by atoms with van der Waals surface area (Å²) in [4.78, 5) is 45.9. The molecule has 10 heteroatoms. The van der Waals surface area contributed by atoms with E-state index < -0.39 is 35.8 Å². The molecule has 2 aliphatic heterocycles. The van der Waals surface area contributed by atoms with E-state index in [1.54, 1.807) is 4.90 Å². The van der Waals surface area contributed by atoms with E-state index in [9.17, 15) is 27.6 Å². The van der Waals surface area contributed by atoms with Gasteiger partial charge in [-0.2, -0.15) is 13.2 Å². The van der Waals surface area contributed by atoms with E-state index >= 15 is 0 Å². The predicted molar refractivity (Wildman–Crippen MR) is 149 cm³/mol. The summed E-state index contributed by atoms with van der Waals surface area (Å²) >= 11 is 0. The molecule has 0 saturated heterocycles. The highest BCUT2D eigenvalue weighted by molar-refractivity contribution is 6.03. The smallest absolute Gasteiger partial charge is 0.341 e. The molecule has 41 heavy (non-hydrogen) atoms. The lowest BCUT2D eigenvalue weighted by molar-refractivity contribution is -0.143. The molecule has 0 bridgehead atoms. The molecular formula is C31H35F3N4O3. The highest BCUT2D eigenvalue weighted by Crippen LogP contribution is 2.42. The van der Waals surface area contributed by atoms with Crippen LogP contribution in [0.4, 0.5) is 18.0 Å². The second-order valence-corrected chi connectivity index (χ2v) is 10.2. The first-order valence-corrected chi connectivity index (χ1v) is 13.8. The molecule has 4 amide bonds. The molecule has 2 atom stereocenters. The zero-order valence-corrected chi connectivity index (χ0v) is 23.3. The first-order valence-electron chi connectivity index (χ1n) is 13.8. The first-order chi connectivity index (χ1) is 19.6. The van der Waals surface area contributed by atoms with E-state index in [0.717, 1.165) is 24.5 Å². The van der Waals surface area contributed by atoms with Crippen molar-refractivity contribution in [2.45, 2.75) is 51.4 Å². The summed E-state index contributed by atoms with van der Waals surface area (Å²) in [6, 6.07) is 11.3. The maximum atomic E-state index is 14.2. The van der Waals surface area contributed by atoms with Crippen LogP contribution >= 0.6 is 0 Å². The summed E-state index contributed by atoms with van der Waals surface area (Å²) < 4.78 is 42.1. The maximum Gasteiger partial charge on any atom is 0.416 e. The van der Waals surface area contributed by atoms with Crippen LogP contribution in [0.3, 0.4) is 0 Å². The van der Waals surface area contributed by atoms with E-state index in [0.29, 0.717) is 13.1 Å². The molecule has 0 aliphatic carbocycles. The number of alkyl halides is 3. The third kappa shape index (κ3) is 6.16. The molecule has 0 saturated carbocycles. The molecule has 0 unspecified atom stereocenters. The lowest BCUT2D eigenvalue weighted by atomic mass is 9.91. The molecule has 0 fully saturated rings. The Morgan fingerprint density at radius 1 is 1.07 bits per heavy atom. The number of hydrogen-bond donors (Lipinski definition) is 1. The summed E-state index contributed by atoms with van der Waals surface area (Å²) in [5.41, 5.74) is -0.00321. The van der Waals surface area contributed by atoms with Gasteiger partial charge in [-0.25, -0.2) is 4.79 Å². The lowest BCUT2D eigenvalue weighted by Crippen LogP contribution is -2.51. The summed E-state index contributed by atoms with van der Waals surface area (Å²) in [6.45, 7) is 8.62. The van der Waals surface area contributed by atoms with Crippen molar-refractivity contribution in [1.29, 1.82) is 0 Å². The second-order valence-electron chi connectivity index (χ2n) is 10.2. The van der Waals surface area contributed by atoms with Crippen LogP contribution in [-0.4, -0.2) is 64.8 Å². The van der Waals surface area contributed by atoms with E-state index in [-0.39, 0.29) is 42.3 Å². The standard InChI is InChI=1S/C31H35F3N4O3/c1-4-16-36(17-5-2)28(39)24(19-21-12-8-7-9-13-21)38-20-25-26(29(38)40)27(35-30(41)37(25)18-6-3)22-14-10-11-15-23(22)31(32,33)34/h6-15,24,27H,3-5,16-20H2,1-2H3,(H,35,41)/t24-,27-/m1/s1. The monoisotopic (exact) mass is 568 g/mol. The summed E-state index contributed by atoms with van der Waals surface area (Å²) in [6.07, 6.45) is -1.53. The molecule has 2 aliphatic rings. The minimum absolute atomic E-state index is 0.0338. The fourth-order valence-corrected chi connectivity index (χ4v) is 5.58. The van der Waals surface area contributed by atoms with Crippen molar-refractivity contribution in [1.82, 2.24) is 20.0 Å². The fourth-order valence-electron chi connectivity index (χ4n) is 5.58. The number of benzene rings is 2. The van der Waals surface area contributed by atoms with Crippen molar-refractivity contribution in [3.05, 3.63) is 95.2 Å². The Morgan fingerprint density at radius 2 is 1.71 bits per heavy atom. The van der Waals surface area contributed by atoms with Crippen molar-refractivity contribution in [3.8, 4) is 0 Å². The van der Waals surface area contributed by atoms with Gasteiger partial charge in [0.2, 0.25) is 5.91 Å². The van der Waals surface area contributed by atoms with Crippen molar-refractivity contribution < 1.29 is 27.6 Å². The topological polar surface area (TPSA) is 73.0 Å². The largest absolute Gasteiger partial charge is 0.416 e. The number of carbonyl (C=O) groups is 3. The van der Waals surface area contributed by atoms with Crippen LogP contribution in [-0.2, 0) is 22.2 Å². The lowest BCUT2D eigenvalue weighted by Gasteiger charge is -2.34. The molecular weight excluding hydrogens is 533 g/mol. The third-order valence-electron chi connectivity index (χ3n) is 7.37. The van der Waals surface area contributed by atoms with E-state index in [1.165, 1.54) is 34.1 Å². The normalized spacial score (nSPS) is 17.8. The Balaban J connectivity index is 1.81. The quantitative estimate of drug-likeness (QED) is 0.374. The number of hydrogen-bond acceptors (Lipinski definition) is 3. The van der Waals surface area contributed by atoms with Crippen LogP contribution in [0.5, 0.6) is 0 Å². The van der Waals surface area contributed by atoms with Gasteiger partial charge in [0.1, 0.15) is 6.04 Å².